The SMILES string of the molecule is C[C@]12CC[C@@H]3c4ccc(O)cc4CC[C@H]3[C@@H]1C[C@](O)(C(OC(=O)c1ccccc1)C(=O)O)[C@@]2(O)C(OC(=O)c1ccccc1)C(=O)O. The van der Waals surface area contributed by atoms with Gasteiger partial charge in [-0.1, -0.05) is 49.4 Å². The van der Waals surface area contributed by atoms with E-state index in [0.717, 1.165) is 11.1 Å². The van der Waals surface area contributed by atoms with Crippen LogP contribution in [0.3, 0.4) is 0 Å². The molecule has 0 aliphatic heterocycles. The highest BCUT2D eigenvalue weighted by molar-refractivity contribution is 5.93. The van der Waals surface area contributed by atoms with Gasteiger partial charge in [0.2, 0.25) is 12.2 Å². The van der Waals surface area contributed by atoms with Crippen LogP contribution >= 0.6 is 0 Å². The number of fused-ring (bicyclic) bond motifs is 5. The molecule has 11 heteroatoms. The van der Waals surface area contributed by atoms with E-state index in [0.29, 0.717) is 19.3 Å². The van der Waals surface area contributed by atoms with E-state index in [2.05, 4.69) is 0 Å². The first kappa shape index (κ1) is 32.2. The molecule has 8 atom stereocenters. The Bertz CT molecular complexity index is 1710. The average Bonchev–Trinajstić information content (AvgIpc) is 3.25. The number of hydrogen-bond donors (Lipinski definition) is 5. The Hall–Kier alpha value is -4.74. The van der Waals surface area contributed by atoms with E-state index < -0.39 is 65.0 Å². The van der Waals surface area contributed by atoms with E-state index in [-0.39, 0.29) is 35.1 Å². The van der Waals surface area contributed by atoms with Crippen molar-refractivity contribution in [3.63, 3.8) is 0 Å². The number of benzene rings is 3. The van der Waals surface area contributed by atoms with Crippen LogP contribution in [0.4, 0.5) is 0 Å². The molecule has 2 unspecified atom stereocenters. The second-order valence-corrected chi connectivity index (χ2v) is 13.1. The van der Waals surface area contributed by atoms with Gasteiger partial charge in [0.15, 0.2) is 5.60 Å². The molecule has 5 N–H and O–H groups in total. The highest BCUT2D eigenvalue weighted by Crippen LogP contribution is 2.69. The van der Waals surface area contributed by atoms with E-state index >= 15 is 0 Å². The fourth-order valence-electron chi connectivity index (χ4n) is 8.72. The summed E-state index contributed by atoms with van der Waals surface area (Å²) in [4.78, 5) is 52.5. The van der Waals surface area contributed by atoms with Crippen LogP contribution in [-0.4, -0.2) is 72.8 Å². The zero-order valence-electron chi connectivity index (χ0n) is 25.6. The van der Waals surface area contributed by atoms with Crippen LogP contribution in [0.15, 0.2) is 78.9 Å². The number of carboxylic acids is 2. The fraction of sp³-hybridized carbons (Fsp3) is 0.389. The Balaban J connectivity index is 1.48. The molecule has 3 aromatic carbocycles. The van der Waals surface area contributed by atoms with Crippen molar-refractivity contribution in [1.82, 2.24) is 0 Å². The highest BCUT2D eigenvalue weighted by atomic mass is 16.6. The standard InChI is InChI=1S/C36H36O11/c1-34-17-16-25-24-15-13-23(37)18-22(24)12-14-26(25)27(34)19-35(44,28(30(38)39)46-32(42)20-8-4-2-5-9-20)36(34,45)29(31(40)41)47-33(43)21-10-6-3-7-11-21/h2-11,13,15,18,25-29,37,44-45H,12,14,16-17,19H2,1H3,(H,38,39)(H,40,41)/t25-,26-,27+,28?,29?,34+,35+,36-/m1/s1. The molecular formula is C36H36O11. The van der Waals surface area contributed by atoms with Crippen molar-refractivity contribution in [3.05, 3.63) is 101 Å². The lowest BCUT2D eigenvalue weighted by molar-refractivity contribution is -0.261. The molecule has 0 saturated heterocycles. The van der Waals surface area contributed by atoms with Crippen molar-refractivity contribution < 1.29 is 54.2 Å². The van der Waals surface area contributed by atoms with Gasteiger partial charge >= 0.3 is 23.9 Å². The number of carboxylic acid groups (broad SMARTS) is 2. The molecule has 3 aromatic rings. The number of rotatable bonds is 8. The number of aliphatic hydroxyl groups is 2. The minimum absolute atomic E-state index is 0.0215. The lowest BCUT2D eigenvalue weighted by Crippen LogP contribution is -2.73. The van der Waals surface area contributed by atoms with Crippen molar-refractivity contribution in [2.75, 3.05) is 0 Å². The van der Waals surface area contributed by atoms with Gasteiger partial charge in [-0.25, -0.2) is 19.2 Å². The number of aliphatic carboxylic acids is 2. The van der Waals surface area contributed by atoms with Crippen LogP contribution in [0.5, 0.6) is 5.75 Å². The number of ether oxygens (including phenoxy) is 2. The van der Waals surface area contributed by atoms with Crippen molar-refractivity contribution >= 4 is 23.9 Å². The van der Waals surface area contributed by atoms with Gasteiger partial charge in [-0.15, -0.1) is 0 Å². The topological polar surface area (TPSA) is 188 Å². The molecule has 0 bridgehead atoms. The molecule has 0 radical (unpaired) electrons. The molecule has 2 fully saturated rings. The lowest BCUT2D eigenvalue weighted by Gasteiger charge is -2.55. The number of aryl methyl sites for hydroxylation is 1. The Morgan fingerprint density at radius 2 is 1.34 bits per heavy atom. The first-order valence-electron chi connectivity index (χ1n) is 15.6. The average molecular weight is 645 g/mol. The van der Waals surface area contributed by atoms with Gasteiger partial charge in [0, 0.05) is 5.41 Å². The summed E-state index contributed by atoms with van der Waals surface area (Å²) in [5.74, 6) is -6.74. The Labute approximate surface area is 270 Å². The van der Waals surface area contributed by atoms with E-state index in [1.54, 1.807) is 31.2 Å². The molecular weight excluding hydrogens is 608 g/mol. The number of carbonyl (C=O) groups is 4. The predicted octanol–water partition coefficient (Wildman–Crippen LogP) is 3.94. The zero-order valence-corrected chi connectivity index (χ0v) is 25.6. The number of aromatic hydroxyl groups is 1. The first-order chi connectivity index (χ1) is 22.3. The van der Waals surface area contributed by atoms with Crippen molar-refractivity contribution in [3.8, 4) is 5.75 Å². The zero-order chi connectivity index (χ0) is 33.7. The number of phenolic OH excluding ortho intramolecular Hbond substituents is 1. The van der Waals surface area contributed by atoms with Crippen molar-refractivity contribution in [1.29, 1.82) is 0 Å². The van der Waals surface area contributed by atoms with E-state index in [9.17, 15) is 44.7 Å². The van der Waals surface area contributed by atoms with Crippen LogP contribution in [0.1, 0.15) is 70.4 Å². The fourth-order valence-corrected chi connectivity index (χ4v) is 8.72. The monoisotopic (exact) mass is 644 g/mol. The van der Waals surface area contributed by atoms with Crippen molar-refractivity contribution in [2.45, 2.75) is 68.4 Å². The Kier molecular flexibility index (Phi) is 8.09. The van der Waals surface area contributed by atoms with Gasteiger partial charge in [0.25, 0.3) is 0 Å². The number of phenols is 1. The number of esters is 2. The maximum Gasteiger partial charge on any atom is 0.348 e. The van der Waals surface area contributed by atoms with Gasteiger partial charge in [-0.2, -0.15) is 0 Å². The number of carbonyl (C=O) groups excluding carboxylic acids is 2. The summed E-state index contributed by atoms with van der Waals surface area (Å²) >= 11 is 0. The Morgan fingerprint density at radius 3 is 1.89 bits per heavy atom. The maximum atomic E-state index is 13.3. The second kappa shape index (κ2) is 11.8. The quantitative estimate of drug-likeness (QED) is 0.224. The van der Waals surface area contributed by atoms with Crippen LogP contribution in [0.25, 0.3) is 0 Å². The molecule has 47 heavy (non-hydrogen) atoms. The van der Waals surface area contributed by atoms with E-state index in [1.165, 1.54) is 48.5 Å². The lowest BCUT2D eigenvalue weighted by atomic mass is 9.52. The Morgan fingerprint density at radius 1 is 0.787 bits per heavy atom. The second-order valence-electron chi connectivity index (χ2n) is 13.1. The van der Waals surface area contributed by atoms with Gasteiger partial charge < -0.3 is 35.0 Å². The summed E-state index contributed by atoms with van der Waals surface area (Å²) < 4.78 is 11.0. The smallest absolute Gasteiger partial charge is 0.348 e. The molecule has 2 saturated carbocycles. The summed E-state index contributed by atoms with van der Waals surface area (Å²) in [5, 5.41) is 56.7. The first-order valence-corrected chi connectivity index (χ1v) is 15.6. The minimum atomic E-state index is -2.94. The third-order valence-electron chi connectivity index (χ3n) is 10.9. The molecule has 3 aliphatic rings. The minimum Gasteiger partial charge on any atom is -0.508 e. The summed E-state index contributed by atoms with van der Waals surface area (Å²) in [6, 6.07) is 20.1. The number of hydrogen-bond acceptors (Lipinski definition) is 9. The third-order valence-corrected chi connectivity index (χ3v) is 10.9. The molecule has 0 spiro atoms. The molecule has 0 amide bonds. The van der Waals surface area contributed by atoms with Crippen LogP contribution in [0, 0.1) is 17.3 Å². The summed E-state index contributed by atoms with van der Waals surface area (Å²) in [6.07, 6.45) is -3.72. The largest absolute Gasteiger partial charge is 0.508 e. The third kappa shape index (κ3) is 5.05. The molecule has 6 rings (SSSR count). The van der Waals surface area contributed by atoms with Crippen molar-refractivity contribution in [2.24, 2.45) is 17.3 Å². The van der Waals surface area contributed by atoms with Crippen LogP contribution < -0.4 is 0 Å². The van der Waals surface area contributed by atoms with Gasteiger partial charge in [-0.05, 0) is 97.4 Å². The molecule has 0 aromatic heterocycles. The van der Waals surface area contributed by atoms with Gasteiger partial charge in [0.1, 0.15) is 11.4 Å². The van der Waals surface area contributed by atoms with E-state index in [1.807, 2.05) is 6.07 Å². The molecule has 246 valence electrons. The molecule has 0 heterocycles. The maximum absolute atomic E-state index is 13.3. The van der Waals surface area contributed by atoms with E-state index in [4.69, 9.17) is 9.47 Å². The van der Waals surface area contributed by atoms with Crippen LogP contribution in [0.2, 0.25) is 0 Å². The molecule has 3 aliphatic carbocycles. The summed E-state index contributed by atoms with van der Waals surface area (Å²) in [5.41, 5.74) is -5.50. The molecule has 11 nitrogen and oxygen atoms in total. The van der Waals surface area contributed by atoms with Gasteiger partial charge in [0.05, 0.1) is 11.1 Å². The van der Waals surface area contributed by atoms with Gasteiger partial charge in [-0.3, -0.25) is 0 Å². The summed E-state index contributed by atoms with van der Waals surface area (Å²) in [7, 11) is 0. The summed E-state index contributed by atoms with van der Waals surface area (Å²) in [6.45, 7) is 1.59. The normalized spacial score (nSPS) is 30.5. The predicted molar refractivity (Wildman–Crippen MR) is 165 cm³/mol. The van der Waals surface area contributed by atoms with Crippen LogP contribution in [-0.2, 0) is 25.5 Å². The highest BCUT2D eigenvalue weighted by Gasteiger charge is 2.80.